The number of benzene rings is 4. The Kier molecular flexibility index (Phi) is 13.9. The molecule has 10 nitrogen and oxygen atoms in total. The van der Waals surface area contributed by atoms with E-state index in [9.17, 15) is 19.8 Å². The number of methoxy groups -OCH3 is 2. The summed E-state index contributed by atoms with van der Waals surface area (Å²) in [6.45, 7) is 3.76. The summed E-state index contributed by atoms with van der Waals surface area (Å²) in [5.41, 5.74) is 6.14. The fraction of sp³-hybridized carbons (Fsp3) is 0.292. The van der Waals surface area contributed by atoms with Gasteiger partial charge < -0.3 is 38.0 Å². The fourth-order valence-corrected chi connectivity index (χ4v) is 6.72. The fourth-order valence-electron chi connectivity index (χ4n) is 6.72. The Morgan fingerprint density at radius 2 is 0.983 bits per heavy atom. The molecule has 2 N–H and O–H groups in total. The van der Waals surface area contributed by atoms with Crippen LogP contribution in [0, 0.1) is 23.7 Å². The molecule has 0 fully saturated rings. The summed E-state index contributed by atoms with van der Waals surface area (Å²) in [4.78, 5) is 27.2. The monoisotopic (exact) mass is 782 g/mol. The number of aliphatic hydroxyl groups is 2. The molecule has 0 radical (unpaired) electrons. The number of esters is 2. The van der Waals surface area contributed by atoms with Crippen LogP contribution in [-0.2, 0) is 35.5 Å². The summed E-state index contributed by atoms with van der Waals surface area (Å²) in [6, 6.07) is 22.4. The number of ether oxygens (including phenoxy) is 4. The maximum absolute atomic E-state index is 13.6. The number of furan rings is 2. The molecule has 298 valence electrons. The molecule has 0 aliphatic carbocycles. The molecule has 0 aliphatic heterocycles. The third kappa shape index (κ3) is 9.22. The molecule has 0 unspecified atom stereocenters. The average Bonchev–Trinajstić information content (AvgIpc) is 3.83. The highest BCUT2D eigenvalue weighted by Gasteiger charge is 2.27. The number of hydrogen-bond donors (Lipinski definition) is 2. The predicted molar refractivity (Wildman–Crippen MR) is 222 cm³/mol. The first-order chi connectivity index (χ1) is 28.3. The number of aliphatic hydroxyl groups excluding tert-OH is 2. The van der Waals surface area contributed by atoms with Gasteiger partial charge in [-0.15, -0.1) is 0 Å². The standard InChI is InChI=1S/C48H46O10/c1-5-13-31-15-19-35(20-16-31)43-41(37-25-33(29-49)27-39(53-3)45(37)57-43)47(51)55-23-11-9-7-8-10-12-24-56-48(52)42-38-26-34(30-50)28-40(54-4)46(38)58-44(42)36-21-17-32(14-6-2)18-22-36/h15-22,25-28,49-50H,5-6,11-14,23-24,29-30H2,1-4H3. The molecule has 6 aromatic rings. The average molecular weight is 783 g/mol. The minimum Gasteiger partial charge on any atom is -0.493 e. The molecule has 10 heteroatoms. The molecule has 2 aromatic heterocycles. The highest BCUT2D eigenvalue weighted by atomic mass is 16.5. The molecule has 0 bridgehead atoms. The molecule has 0 atom stereocenters. The van der Waals surface area contributed by atoms with Crippen LogP contribution >= 0.6 is 0 Å². The first-order valence-corrected chi connectivity index (χ1v) is 19.3. The molecule has 0 amide bonds. The molecule has 2 heterocycles. The van der Waals surface area contributed by atoms with Crippen LogP contribution in [0.2, 0.25) is 0 Å². The maximum atomic E-state index is 13.6. The Bertz CT molecular complexity index is 2340. The highest BCUT2D eigenvalue weighted by Crippen LogP contribution is 2.41. The van der Waals surface area contributed by atoms with E-state index in [0.29, 0.717) is 67.2 Å². The van der Waals surface area contributed by atoms with E-state index < -0.39 is 11.9 Å². The van der Waals surface area contributed by atoms with Gasteiger partial charge in [-0.05, 0) is 71.2 Å². The third-order valence-electron chi connectivity index (χ3n) is 9.51. The largest absolute Gasteiger partial charge is 0.493 e. The summed E-state index contributed by atoms with van der Waals surface area (Å²) in [5, 5.41) is 20.7. The van der Waals surface area contributed by atoms with Crippen molar-refractivity contribution in [1.29, 1.82) is 0 Å². The number of carbonyl (C=O) groups is 2. The van der Waals surface area contributed by atoms with Gasteiger partial charge in [0.2, 0.25) is 0 Å². The van der Waals surface area contributed by atoms with Gasteiger partial charge in [0.25, 0.3) is 0 Å². The minimum absolute atomic E-state index is 0.00854. The molecule has 0 aliphatic rings. The van der Waals surface area contributed by atoms with Crippen molar-refractivity contribution in [3.63, 3.8) is 0 Å². The van der Waals surface area contributed by atoms with Crippen molar-refractivity contribution >= 4 is 33.9 Å². The number of fused-ring (bicyclic) bond motifs is 2. The summed E-state index contributed by atoms with van der Waals surface area (Å²) >= 11 is 0. The van der Waals surface area contributed by atoms with Crippen LogP contribution in [0.4, 0.5) is 0 Å². The van der Waals surface area contributed by atoms with E-state index in [1.807, 2.05) is 48.5 Å². The zero-order valence-corrected chi connectivity index (χ0v) is 33.2. The van der Waals surface area contributed by atoms with Crippen molar-refractivity contribution in [2.24, 2.45) is 0 Å². The van der Waals surface area contributed by atoms with Gasteiger partial charge in [0, 0.05) is 34.7 Å². The molecule has 6 rings (SSSR count). The van der Waals surface area contributed by atoms with Crippen LogP contribution in [0.1, 0.15) is 82.5 Å². The van der Waals surface area contributed by atoms with E-state index in [2.05, 4.69) is 37.5 Å². The van der Waals surface area contributed by atoms with Gasteiger partial charge in [-0.3, -0.25) is 0 Å². The summed E-state index contributed by atoms with van der Waals surface area (Å²) in [5.74, 6) is 11.6. The van der Waals surface area contributed by atoms with Gasteiger partial charge in [-0.25, -0.2) is 9.59 Å². The summed E-state index contributed by atoms with van der Waals surface area (Å²) in [6.07, 6.45) is 4.35. The topological polar surface area (TPSA) is 138 Å². The van der Waals surface area contributed by atoms with Crippen LogP contribution in [-0.4, -0.2) is 49.6 Å². The van der Waals surface area contributed by atoms with E-state index in [1.165, 1.54) is 25.3 Å². The van der Waals surface area contributed by atoms with E-state index in [-0.39, 0.29) is 50.4 Å². The Morgan fingerprint density at radius 1 is 0.586 bits per heavy atom. The lowest BCUT2D eigenvalue weighted by molar-refractivity contribution is 0.0506. The van der Waals surface area contributed by atoms with Crippen molar-refractivity contribution in [3.05, 3.63) is 106 Å². The maximum Gasteiger partial charge on any atom is 0.342 e. The first-order valence-electron chi connectivity index (χ1n) is 19.3. The number of carbonyl (C=O) groups excluding carboxylic acids is 2. The second kappa shape index (κ2) is 19.6. The van der Waals surface area contributed by atoms with Crippen molar-refractivity contribution in [1.82, 2.24) is 0 Å². The normalized spacial score (nSPS) is 10.8. The molecule has 58 heavy (non-hydrogen) atoms. The van der Waals surface area contributed by atoms with E-state index >= 15 is 0 Å². The Labute approximate surface area is 337 Å². The molecule has 0 saturated carbocycles. The molecule has 0 spiro atoms. The molecular formula is C48H46O10. The van der Waals surface area contributed by atoms with Gasteiger partial charge >= 0.3 is 11.9 Å². The smallest absolute Gasteiger partial charge is 0.342 e. The third-order valence-corrected chi connectivity index (χ3v) is 9.51. The lowest BCUT2D eigenvalue weighted by Crippen LogP contribution is -2.07. The first kappa shape index (κ1) is 41.2. The zero-order chi connectivity index (χ0) is 41.0. The minimum atomic E-state index is -0.591. The summed E-state index contributed by atoms with van der Waals surface area (Å²) < 4.78 is 34.8. The Hall–Kier alpha value is -6.46. The van der Waals surface area contributed by atoms with Crippen LogP contribution in [0.25, 0.3) is 44.6 Å². The van der Waals surface area contributed by atoms with Crippen molar-refractivity contribution in [3.8, 4) is 57.8 Å². The van der Waals surface area contributed by atoms with E-state index in [1.54, 1.807) is 24.3 Å². The quantitative estimate of drug-likeness (QED) is 0.0555. The number of rotatable bonds is 16. The Morgan fingerprint density at radius 3 is 1.33 bits per heavy atom. The van der Waals surface area contributed by atoms with Crippen LogP contribution in [0.15, 0.2) is 81.6 Å². The van der Waals surface area contributed by atoms with Gasteiger partial charge in [0.05, 0.1) is 27.4 Å². The van der Waals surface area contributed by atoms with Gasteiger partial charge in [-0.2, -0.15) is 0 Å². The second-order valence-electron chi connectivity index (χ2n) is 13.5. The van der Waals surface area contributed by atoms with E-state index in [0.717, 1.165) is 25.7 Å². The number of aryl methyl sites for hydroxylation is 2. The van der Waals surface area contributed by atoms with Gasteiger partial charge in [0.1, 0.15) is 35.9 Å². The lowest BCUT2D eigenvalue weighted by atomic mass is 10.0. The van der Waals surface area contributed by atoms with Crippen molar-refractivity contribution in [2.45, 2.75) is 65.6 Å². The molecule has 0 saturated heterocycles. The number of hydrogen-bond acceptors (Lipinski definition) is 10. The highest BCUT2D eigenvalue weighted by molar-refractivity contribution is 6.11. The van der Waals surface area contributed by atoms with Gasteiger partial charge in [-0.1, -0.05) is 87.1 Å². The molecule has 4 aromatic carbocycles. The lowest BCUT2D eigenvalue weighted by Gasteiger charge is -2.06. The van der Waals surface area contributed by atoms with Crippen LogP contribution in [0.3, 0.4) is 0 Å². The Balaban J connectivity index is 1.10. The van der Waals surface area contributed by atoms with Crippen molar-refractivity contribution < 1.29 is 47.6 Å². The van der Waals surface area contributed by atoms with Gasteiger partial charge in [0.15, 0.2) is 22.7 Å². The van der Waals surface area contributed by atoms with Crippen LogP contribution < -0.4 is 9.47 Å². The SMILES string of the molecule is CCCc1ccc(-c2oc3c(OC)cc(CO)cc3c2C(=O)OCCC#CC#CCCOC(=O)c2c(-c3ccc(CCC)cc3)oc3c(OC)cc(CO)cc23)cc1. The summed E-state index contributed by atoms with van der Waals surface area (Å²) in [7, 11) is 3.01. The van der Waals surface area contributed by atoms with E-state index in [4.69, 9.17) is 27.8 Å². The van der Waals surface area contributed by atoms with Crippen molar-refractivity contribution in [2.75, 3.05) is 27.4 Å². The predicted octanol–water partition coefficient (Wildman–Crippen LogP) is 9.22. The van der Waals surface area contributed by atoms with Crippen LogP contribution in [0.5, 0.6) is 11.5 Å². The molecular weight excluding hydrogens is 737 g/mol. The second-order valence-corrected chi connectivity index (χ2v) is 13.5. The zero-order valence-electron chi connectivity index (χ0n) is 33.2.